The second-order valence-electron chi connectivity index (χ2n) is 7.29. The number of carbonyl (C=O) groups is 1. The zero-order chi connectivity index (χ0) is 20.1. The highest BCUT2D eigenvalue weighted by atomic mass is 16.7. The fourth-order valence-corrected chi connectivity index (χ4v) is 3.87. The maximum Gasteiger partial charge on any atom is 0.324 e. The third-order valence-electron chi connectivity index (χ3n) is 5.48. The molecule has 29 heavy (non-hydrogen) atoms. The van der Waals surface area contributed by atoms with Crippen molar-refractivity contribution in [3.05, 3.63) is 42.0 Å². The Labute approximate surface area is 168 Å². The van der Waals surface area contributed by atoms with E-state index < -0.39 is 0 Å². The van der Waals surface area contributed by atoms with Gasteiger partial charge in [-0.25, -0.2) is 9.78 Å². The number of rotatable bonds is 3. The molecular formula is C22H21N3O4. The minimum Gasteiger partial charge on any atom is -0.493 e. The number of ether oxygens (including phenoxy) is 3. The van der Waals surface area contributed by atoms with Gasteiger partial charge in [0.25, 0.3) is 0 Å². The van der Waals surface area contributed by atoms with Gasteiger partial charge in [0.1, 0.15) is 0 Å². The molecule has 1 fully saturated rings. The Kier molecular flexibility index (Phi) is 3.97. The summed E-state index contributed by atoms with van der Waals surface area (Å²) in [7, 11) is 3.42. The fourth-order valence-electron chi connectivity index (χ4n) is 3.87. The Morgan fingerprint density at radius 1 is 1.10 bits per heavy atom. The highest BCUT2D eigenvalue weighted by molar-refractivity contribution is 5.97. The molecule has 0 N–H and O–H groups in total. The van der Waals surface area contributed by atoms with Crippen LogP contribution in [0.25, 0.3) is 22.2 Å². The van der Waals surface area contributed by atoms with Crippen molar-refractivity contribution in [1.82, 2.24) is 9.88 Å². The Morgan fingerprint density at radius 3 is 2.72 bits per heavy atom. The lowest BCUT2D eigenvalue weighted by Crippen LogP contribution is -2.29. The van der Waals surface area contributed by atoms with Crippen molar-refractivity contribution in [2.75, 3.05) is 38.9 Å². The normalized spacial score (nSPS) is 15.5. The Bertz CT molecular complexity index is 1140. The first kappa shape index (κ1) is 17.6. The van der Waals surface area contributed by atoms with Gasteiger partial charge < -0.3 is 19.1 Å². The highest BCUT2D eigenvalue weighted by Crippen LogP contribution is 2.44. The molecule has 7 nitrogen and oxygen atoms in total. The molecular weight excluding hydrogens is 370 g/mol. The number of carbonyl (C=O) groups excluding carboxylic acids is 1. The number of anilines is 1. The molecule has 0 atom stereocenters. The van der Waals surface area contributed by atoms with Crippen molar-refractivity contribution in [1.29, 1.82) is 0 Å². The zero-order valence-corrected chi connectivity index (χ0v) is 16.6. The first-order valence-corrected chi connectivity index (χ1v) is 9.47. The van der Waals surface area contributed by atoms with E-state index in [0.29, 0.717) is 23.8 Å². The van der Waals surface area contributed by atoms with E-state index in [-0.39, 0.29) is 12.8 Å². The quantitative estimate of drug-likeness (QED) is 0.679. The first-order chi connectivity index (χ1) is 14.0. The lowest BCUT2D eigenvalue weighted by Gasteiger charge is -2.17. The average molecular weight is 391 g/mol. The lowest BCUT2D eigenvalue weighted by atomic mass is 10.0. The maximum absolute atomic E-state index is 12.4. The molecule has 0 aliphatic carbocycles. The van der Waals surface area contributed by atoms with Gasteiger partial charge in [0.05, 0.1) is 18.3 Å². The van der Waals surface area contributed by atoms with Crippen LogP contribution in [0.5, 0.6) is 17.2 Å². The lowest BCUT2D eigenvalue weighted by molar-refractivity contribution is 0.171. The zero-order valence-electron chi connectivity index (χ0n) is 16.6. The van der Waals surface area contributed by atoms with E-state index in [1.54, 1.807) is 16.9 Å². The Morgan fingerprint density at radius 2 is 1.97 bits per heavy atom. The number of pyridine rings is 1. The van der Waals surface area contributed by atoms with Gasteiger partial charge in [0, 0.05) is 36.8 Å². The molecule has 148 valence electrons. The summed E-state index contributed by atoms with van der Waals surface area (Å²) in [6.45, 7) is 3.65. The van der Waals surface area contributed by atoms with Crippen molar-refractivity contribution in [2.45, 2.75) is 6.92 Å². The fraction of sp³-hybridized carbons (Fsp3) is 0.273. The largest absolute Gasteiger partial charge is 0.493 e. The smallest absolute Gasteiger partial charge is 0.324 e. The molecule has 2 aliphatic heterocycles. The molecule has 1 aromatic heterocycles. The van der Waals surface area contributed by atoms with Crippen LogP contribution in [0.2, 0.25) is 0 Å². The number of aryl methyl sites for hydroxylation is 1. The number of urea groups is 1. The third kappa shape index (κ3) is 2.81. The molecule has 0 spiro atoms. The van der Waals surface area contributed by atoms with E-state index in [1.165, 1.54) is 0 Å². The number of benzene rings is 2. The highest BCUT2D eigenvalue weighted by Gasteiger charge is 2.27. The van der Waals surface area contributed by atoms with Gasteiger partial charge in [0.2, 0.25) is 12.5 Å². The average Bonchev–Trinajstić information content (AvgIpc) is 3.33. The minimum atomic E-state index is 0.0118. The third-order valence-corrected chi connectivity index (χ3v) is 5.48. The number of methoxy groups -OCH3 is 1. The second kappa shape index (κ2) is 6.55. The van der Waals surface area contributed by atoms with Gasteiger partial charge in [0.15, 0.2) is 11.5 Å². The summed E-state index contributed by atoms with van der Waals surface area (Å²) >= 11 is 0. The van der Waals surface area contributed by atoms with Crippen LogP contribution < -0.4 is 19.1 Å². The summed E-state index contributed by atoms with van der Waals surface area (Å²) < 4.78 is 16.5. The second-order valence-corrected chi connectivity index (χ2v) is 7.29. The molecule has 0 radical (unpaired) electrons. The van der Waals surface area contributed by atoms with Gasteiger partial charge in [-0.2, -0.15) is 0 Å². The number of aromatic nitrogens is 1. The van der Waals surface area contributed by atoms with Crippen LogP contribution in [0.1, 0.15) is 5.56 Å². The van der Waals surface area contributed by atoms with Crippen LogP contribution in [0.4, 0.5) is 10.5 Å². The maximum atomic E-state index is 12.4. The van der Waals surface area contributed by atoms with Gasteiger partial charge >= 0.3 is 6.03 Å². The van der Waals surface area contributed by atoms with Crippen molar-refractivity contribution in [3.8, 4) is 28.5 Å². The summed E-state index contributed by atoms with van der Waals surface area (Å²) in [6, 6.07) is 11.9. The van der Waals surface area contributed by atoms with Crippen LogP contribution in [0, 0.1) is 6.92 Å². The number of nitrogens with zero attached hydrogens (tertiary/aromatic N) is 3. The van der Waals surface area contributed by atoms with Crippen molar-refractivity contribution in [2.24, 2.45) is 0 Å². The number of amides is 2. The first-order valence-electron chi connectivity index (χ1n) is 9.47. The van der Waals surface area contributed by atoms with Gasteiger partial charge in [-0.1, -0.05) is 6.07 Å². The van der Waals surface area contributed by atoms with E-state index in [9.17, 15) is 4.79 Å². The topological polar surface area (TPSA) is 64.1 Å². The summed E-state index contributed by atoms with van der Waals surface area (Å²) in [6.07, 6.45) is 0. The van der Waals surface area contributed by atoms with Gasteiger partial charge in [-0.05, 0) is 42.8 Å². The predicted molar refractivity (Wildman–Crippen MR) is 110 cm³/mol. The number of hydrogen-bond acceptors (Lipinski definition) is 5. The van der Waals surface area contributed by atoms with Gasteiger partial charge in [-0.15, -0.1) is 0 Å². The summed E-state index contributed by atoms with van der Waals surface area (Å²) in [4.78, 5) is 20.8. The van der Waals surface area contributed by atoms with Crippen LogP contribution in [0.3, 0.4) is 0 Å². The number of likely N-dealkylation sites (N-methyl/N-ethyl adjacent to an activating group) is 1. The molecule has 7 heteroatoms. The number of fused-ring (bicyclic) bond motifs is 2. The molecule has 2 amide bonds. The monoisotopic (exact) mass is 391 g/mol. The predicted octanol–water partition coefficient (Wildman–Crippen LogP) is 3.82. The molecule has 0 unspecified atom stereocenters. The summed E-state index contributed by atoms with van der Waals surface area (Å²) in [5.74, 6) is 1.89. The SMILES string of the molecule is COc1cc(-c2cc(C)c3ccc(N4CCN(C)C4=O)cc3n2)cc2c1OCO2. The van der Waals surface area contributed by atoms with Crippen LogP contribution in [-0.4, -0.2) is 50.0 Å². The van der Waals surface area contributed by atoms with E-state index in [2.05, 4.69) is 6.92 Å². The van der Waals surface area contributed by atoms with Crippen LogP contribution >= 0.6 is 0 Å². The number of hydrogen-bond donors (Lipinski definition) is 0. The van der Waals surface area contributed by atoms with E-state index in [0.717, 1.165) is 40.0 Å². The van der Waals surface area contributed by atoms with E-state index in [4.69, 9.17) is 19.2 Å². The molecule has 3 heterocycles. The van der Waals surface area contributed by atoms with Crippen LogP contribution in [0.15, 0.2) is 36.4 Å². The summed E-state index contributed by atoms with van der Waals surface area (Å²) in [5, 5.41) is 1.06. The molecule has 2 aromatic carbocycles. The molecule has 0 saturated carbocycles. The standard InChI is InChI=1S/C22H21N3O4/c1-13-8-17(14-9-19(27-3)21-20(10-14)28-12-29-21)23-18-11-15(4-5-16(13)18)25-7-6-24(2)22(25)26/h4-5,8-11H,6-7,12H2,1-3H3. The van der Waals surface area contributed by atoms with Gasteiger partial charge in [-0.3, -0.25) is 4.90 Å². The Balaban J connectivity index is 1.62. The molecule has 2 aliphatic rings. The van der Waals surface area contributed by atoms with Crippen molar-refractivity contribution in [3.63, 3.8) is 0 Å². The minimum absolute atomic E-state index is 0.0118. The van der Waals surface area contributed by atoms with E-state index >= 15 is 0 Å². The van der Waals surface area contributed by atoms with Crippen molar-refractivity contribution < 1.29 is 19.0 Å². The summed E-state index contributed by atoms with van der Waals surface area (Å²) in [5.41, 5.74) is 4.51. The molecule has 0 bridgehead atoms. The molecule has 1 saturated heterocycles. The van der Waals surface area contributed by atoms with Crippen molar-refractivity contribution >= 4 is 22.6 Å². The van der Waals surface area contributed by atoms with Crippen LogP contribution in [-0.2, 0) is 0 Å². The molecule has 5 rings (SSSR count). The van der Waals surface area contributed by atoms with E-state index in [1.807, 2.05) is 43.4 Å². The molecule has 3 aromatic rings. The Hall–Kier alpha value is -3.48.